The Morgan fingerprint density at radius 1 is 1.00 bits per heavy atom. The summed E-state index contributed by atoms with van der Waals surface area (Å²) in [6.07, 6.45) is -4.29. The number of benzene rings is 2. The zero-order valence-electron chi connectivity index (χ0n) is 15.4. The summed E-state index contributed by atoms with van der Waals surface area (Å²) in [5, 5.41) is 30.9. The molecule has 1 saturated heterocycles. The second-order valence-corrected chi connectivity index (χ2v) is 7.25. The first-order valence-corrected chi connectivity index (χ1v) is 9.48. The van der Waals surface area contributed by atoms with Gasteiger partial charge in [0.2, 0.25) is 0 Å². The Bertz CT molecular complexity index is 764. The van der Waals surface area contributed by atoms with Gasteiger partial charge < -0.3 is 24.8 Å². The van der Waals surface area contributed by atoms with Crippen LogP contribution in [0.2, 0.25) is 5.02 Å². The molecular formula is C21H25ClO5. The second-order valence-electron chi connectivity index (χ2n) is 6.84. The van der Waals surface area contributed by atoms with Crippen molar-refractivity contribution in [2.45, 2.75) is 50.8 Å². The minimum absolute atomic E-state index is 0.585. The Balaban J connectivity index is 1.82. The average molecular weight is 393 g/mol. The van der Waals surface area contributed by atoms with Crippen molar-refractivity contribution in [2.75, 3.05) is 6.61 Å². The lowest BCUT2D eigenvalue weighted by molar-refractivity contribution is -0.219. The summed E-state index contributed by atoms with van der Waals surface area (Å²) in [5.41, 5.74) is 2.68. The third-order valence-electron chi connectivity index (χ3n) is 4.88. The zero-order valence-corrected chi connectivity index (χ0v) is 16.1. The highest BCUT2D eigenvalue weighted by molar-refractivity contribution is 6.31. The van der Waals surface area contributed by atoms with E-state index >= 15 is 0 Å². The summed E-state index contributed by atoms with van der Waals surface area (Å²) < 4.78 is 11.2. The number of ether oxygens (including phenoxy) is 2. The van der Waals surface area contributed by atoms with Crippen molar-refractivity contribution in [1.29, 1.82) is 0 Å². The van der Waals surface area contributed by atoms with E-state index in [0.29, 0.717) is 23.6 Å². The molecule has 146 valence electrons. The first-order chi connectivity index (χ1) is 12.9. The molecule has 1 aliphatic heterocycles. The summed E-state index contributed by atoms with van der Waals surface area (Å²) in [7, 11) is 0. The van der Waals surface area contributed by atoms with Gasteiger partial charge >= 0.3 is 0 Å². The molecule has 27 heavy (non-hydrogen) atoms. The minimum atomic E-state index is -1.26. The van der Waals surface area contributed by atoms with E-state index < -0.39 is 30.5 Å². The van der Waals surface area contributed by atoms with Crippen molar-refractivity contribution < 1.29 is 24.8 Å². The average Bonchev–Trinajstić information content (AvgIpc) is 2.66. The fourth-order valence-corrected chi connectivity index (χ4v) is 3.51. The Morgan fingerprint density at radius 2 is 1.70 bits per heavy atom. The molecule has 0 radical (unpaired) electrons. The van der Waals surface area contributed by atoms with E-state index in [4.69, 9.17) is 21.1 Å². The largest absolute Gasteiger partial charge is 0.494 e. The highest BCUT2D eigenvalue weighted by Gasteiger charge is 2.42. The molecule has 0 aromatic heterocycles. The molecule has 0 saturated carbocycles. The van der Waals surface area contributed by atoms with E-state index in [2.05, 4.69) is 0 Å². The maximum absolute atomic E-state index is 10.3. The Labute approximate surface area is 164 Å². The van der Waals surface area contributed by atoms with Crippen LogP contribution in [0.5, 0.6) is 5.75 Å². The van der Waals surface area contributed by atoms with Crippen LogP contribution >= 0.6 is 11.6 Å². The first kappa shape index (κ1) is 20.1. The molecule has 0 aliphatic carbocycles. The van der Waals surface area contributed by atoms with Crippen LogP contribution in [0.4, 0.5) is 0 Å². The monoisotopic (exact) mass is 392 g/mol. The van der Waals surface area contributed by atoms with Crippen molar-refractivity contribution >= 4 is 11.6 Å². The predicted octanol–water partition coefficient (Wildman–Crippen LogP) is 2.87. The normalized spacial score (nSPS) is 28.1. The van der Waals surface area contributed by atoms with Crippen molar-refractivity contribution in [3.63, 3.8) is 0 Å². The predicted molar refractivity (Wildman–Crippen MR) is 103 cm³/mol. The molecule has 3 N–H and O–H groups in total. The molecule has 2 aromatic rings. The Hall–Kier alpha value is -1.63. The van der Waals surface area contributed by atoms with Gasteiger partial charge in [0, 0.05) is 5.02 Å². The van der Waals surface area contributed by atoms with Crippen LogP contribution in [0.3, 0.4) is 0 Å². The molecule has 0 bridgehead atoms. The molecule has 1 aliphatic rings. The molecule has 0 amide bonds. The van der Waals surface area contributed by atoms with Crippen molar-refractivity contribution in [1.82, 2.24) is 0 Å². The summed E-state index contributed by atoms with van der Waals surface area (Å²) >= 11 is 6.37. The van der Waals surface area contributed by atoms with Gasteiger partial charge in [-0.1, -0.05) is 35.9 Å². The van der Waals surface area contributed by atoms with E-state index in [1.54, 1.807) is 19.1 Å². The Morgan fingerprint density at radius 3 is 2.37 bits per heavy atom. The summed E-state index contributed by atoms with van der Waals surface area (Å²) in [5.74, 6) is 0.821. The number of aliphatic hydroxyl groups is 3. The van der Waals surface area contributed by atoms with E-state index in [1.807, 2.05) is 37.3 Å². The number of hydrogen-bond donors (Lipinski definition) is 3. The molecule has 3 rings (SSSR count). The molecule has 6 heteroatoms. The van der Waals surface area contributed by atoms with Gasteiger partial charge in [-0.2, -0.15) is 0 Å². The van der Waals surface area contributed by atoms with Crippen molar-refractivity contribution in [2.24, 2.45) is 0 Å². The molecule has 5 atom stereocenters. The van der Waals surface area contributed by atoms with Gasteiger partial charge in [0.25, 0.3) is 0 Å². The smallest absolute Gasteiger partial charge is 0.119 e. The fraction of sp³-hybridized carbons (Fsp3) is 0.429. The minimum Gasteiger partial charge on any atom is -0.494 e. The third kappa shape index (κ3) is 4.45. The second kappa shape index (κ2) is 8.59. The standard InChI is InChI=1S/C21H25ClO5/c1-3-26-16-7-4-13(5-8-16)10-15-11-14(6-9-17(15)22)21-20(25)19(24)18(23)12(2)27-21/h4-9,11-12,18-21,23-25H,3,10H2,1-2H3/t12-,18-,19+,20-,21?/m1/s1. The topological polar surface area (TPSA) is 79.2 Å². The van der Waals surface area contributed by atoms with E-state index in [-0.39, 0.29) is 0 Å². The van der Waals surface area contributed by atoms with Gasteiger partial charge in [-0.3, -0.25) is 0 Å². The lowest BCUT2D eigenvalue weighted by Crippen LogP contribution is -2.53. The number of rotatable bonds is 5. The van der Waals surface area contributed by atoms with Crippen LogP contribution in [-0.2, 0) is 11.2 Å². The van der Waals surface area contributed by atoms with Gasteiger partial charge in [0.05, 0.1) is 12.7 Å². The van der Waals surface area contributed by atoms with Crippen LogP contribution in [0.15, 0.2) is 42.5 Å². The first-order valence-electron chi connectivity index (χ1n) is 9.10. The van der Waals surface area contributed by atoms with Gasteiger partial charge in [-0.25, -0.2) is 0 Å². The van der Waals surface area contributed by atoms with Crippen LogP contribution in [-0.4, -0.2) is 46.3 Å². The van der Waals surface area contributed by atoms with Gasteiger partial charge in [0.1, 0.15) is 30.2 Å². The van der Waals surface area contributed by atoms with E-state index in [0.717, 1.165) is 16.9 Å². The highest BCUT2D eigenvalue weighted by atomic mass is 35.5. The van der Waals surface area contributed by atoms with Crippen LogP contribution in [0.1, 0.15) is 36.6 Å². The maximum atomic E-state index is 10.3. The SMILES string of the molecule is CCOc1ccc(Cc2cc(C3O[C@H](C)[C@@H](O)[C@H](O)[C@H]3O)ccc2Cl)cc1. The van der Waals surface area contributed by atoms with Gasteiger partial charge in [-0.05, 0) is 55.2 Å². The summed E-state index contributed by atoms with van der Waals surface area (Å²) in [4.78, 5) is 0. The molecule has 2 aromatic carbocycles. The molecule has 5 nitrogen and oxygen atoms in total. The molecule has 1 heterocycles. The summed E-state index contributed by atoms with van der Waals surface area (Å²) in [6.45, 7) is 4.23. The molecule has 1 unspecified atom stereocenters. The van der Waals surface area contributed by atoms with E-state index in [9.17, 15) is 15.3 Å². The van der Waals surface area contributed by atoms with Crippen molar-refractivity contribution in [3.8, 4) is 5.75 Å². The summed E-state index contributed by atoms with van der Waals surface area (Å²) in [6, 6.07) is 13.2. The number of halogens is 1. The molecule has 1 fully saturated rings. The lowest BCUT2D eigenvalue weighted by atomic mass is 9.90. The number of aliphatic hydroxyl groups excluding tert-OH is 3. The van der Waals surface area contributed by atoms with Crippen molar-refractivity contribution in [3.05, 3.63) is 64.2 Å². The van der Waals surface area contributed by atoms with Crippen LogP contribution in [0, 0.1) is 0 Å². The molecule has 0 spiro atoms. The quantitative estimate of drug-likeness (QED) is 0.729. The van der Waals surface area contributed by atoms with Crippen LogP contribution in [0.25, 0.3) is 0 Å². The van der Waals surface area contributed by atoms with Gasteiger partial charge in [0.15, 0.2) is 0 Å². The van der Waals surface area contributed by atoms with E-state index in [1.165, 1.54) is 0 Å². The third-order valence-corrected chi connectivity index (χ3v) is 5.25. The number of hydrogen-bond acceptors (Lipinski definition) is 5. The highest BCUT2D eigenvalue weighted by Crippen LogP contribution is 2.34. The fourth-order valence-electron chi connectivity index (χ4n) is 3.32. The van der Waals surface area contributed by atoms with Gasteiger partial charge in [-0.15, -0.1) is 0 Å². The zero-order chi connectivity index (χ0) is 19.6. The maximum Gasteiger partial charge on any atom is 0.119 e. The lowest BCUT2D eigenvalue weighted by Gasteiger charge is -2.39. The Kier molecular flexibility index (Phi) is 6.40. The van der Waals surface area contributed by atoms with Crippen LogP contribution < -0.4 is 4.74 Å². The molecular weight excluding hydrogens is 368 g/mol.